The van der Waals surface area contributed by atoms with Crippen molar-refractivity contribution in [3.63, 3.8) is 0 Å². The molecule has 1 fully saturated rings. The van der Waals surface area contributed by atoms with Crippen LogP contribution in [-0.4, -0.2) is 57.5 Å². The van der Waals surface area contributed by atoms with Crippen LogP contribution in [0.3, 0.4) is 0 Å². The summed E-state index contributed by atoms with van der Waals surface area (Å²) in [6.07, 6.45) is 3.01. The third-order valence-corrected chi connectivity index (χ3v) is 5.29. The maximum atomic E-state index is 5.71. The van der Waals surface area contributed by atoms with Gasteiger partial charge in [-0.2, -0.15) is 0 Å². The largest absolute Gasteiger partial charge is 0.381 e. The standard InChI is InChI=1S/C18H32N4O2S/c1-14(2)17-22-16(13-25-17)5-8-21-18(19-3)20-7-4-9-23-11-15-6-10-24-12-15/h13-15H,4-12H2,1-3H3,(H2,19,20,21). The van der Waals surface area contributed by atoms with E-state index in [0.29, 0.717) is 11.8 Å². The van der Waals surface area contributed by atoms with Gasteiger partial charge < -0.3 is 20.1 Å². The first kappa shape index (κ1) is 20.1. The topological polar surface area (TPSA) is 67.8 Å². The van der Waals surface area contributed by atoms with Gasteiger partial charge >= 0.3 is 0 Å². The molecule has 2 N–H and O–H groups in total. The van der Waals surface area contributed by atoms with Gasteiger partial charge in [-0.05, 0) is 12.8 Å². The summed E-state index contributed by atoms with van der Waals surface area (Å²) in [4.78, 5) is 8.91. The minimum absolute atomic E-state index is 0.504. The van der Waals surface area contributed by atoms with Crippen molar-refractivity contribution in [2.24, 2.45) is 10.9 Å². The molecule has 0 amide bonds. The molecule has 1 aliphatic rings. The molecule has 1 saturated heterocycles. The van der Waals surface area contributed by atoms with Crippen LogP contribution in [0.15, 0.2) is 10.4 Å². The molecule has 7 heteroatoms. The smallest absolute Gasteiger partial charge is 0.190 e. The van der Waals surface area contributed by atoms with E-state index in [1.165, 1.54) is 5.01 Å². The Morgan fingerprint density at radius 1 is 1.44 bits per heavy atom. The Kier molecular flexibility index (Phi) is 9.21. The molecule has 0 radical (unpaired) electrons. The van der Waals surface area contributed by atoms with E-state index < -0.39 is 0 Å². The summed E-state index contributed by atoms with van der Waals surface area (Å²) in [5, 5.41) is 10.0. The second-order valence-corrected chi connectivity index (χ2v) is 7.56. The molecule has 1 aliphatic heterocycles. The number of aromatic nitrogens is 1. The molecule has 0 aliphatic carbocycles. The third-order valence-electron chi connectivity index (χ3n) is 4.10. The van der Waals surface area contributed by atoms with Crippen molar-refractivity contribution < 1.29 is 9.47 Å². The average molecular weight is 369 g/mol. The summed E-state index contributed by atoms with van der Waals surface area (Å²) in [5.41, 5.74) is 1.15. The summed E-state index contributed by atoms with van der Waals surface area (Å²) in [6, 6.07) is 0. The van der Waals surface area contributed by atoms with Gasteiger partial charge in [0.1, 0.15) is 0 Å². The number of nitrogens with one attached hydrogen (secondary N) is 2. The van der Waals surface area contributed by atoms with Gasteiger partial charge in [0.15, 0.2) is 5.96 Å². The summed E-state index contributed by atoms with van der Waals surface area (Å²) in [6.45, 7) is 9.38. The van der Waals surface area contributed by atoms with Crippen LogP contribution in [0.4, 0.5) is 0 Å². The molecule has 0 bridgehead atoms. The zero-order chi connectivity index (χ0) is 17.9. The van der Waals surface area contributed by atoms with Gasteiger partial charge in [-0.1, -0.05) is 13.8 Å². The van der Waals surface area contributed by atoms with E-state index in [4.69, 9.17) is 9.47 Å². The van der Waals surface area contributed by atoms with Crippen LogP contribution in [0.2, 0.25) is 0 Å². The Labute approximate surface area is 155 Å². The Morgan fingerprint density at radius 2 is 2.28 bits per heavy atom. The fraction of sp³-hybridized carbons (Fsp3) is 0.778. The zero-order valence-electron chi connectivity index (χ0n) is 15.7. The highest BCUT2D eigenvalue weighted by molar-refractivity contribution is 7.09. The number of nitrogens with zero attached hydrogens (tertiary/aromatic N) is 2. The SMILES string of the molecule is CN=C(NCCCOCC1CCOC1)NCCc1csc(C(C)C)n1. The minimum atomic E-state index is 0.504. The molecular formula is C18H32N4O2S. The molecule has 1 unspecified atom stereocenters. The molecule has 142 valence electrons. The van der Waals surface area contributed by atoms with E-state index >= 15 is 0 Å². The summed E-state index contributed by atoms with van der Waals surface area (Å²) < 4.78 is 11.0. The van der Waals surface area contributed by atoms with E-state index in [-0.39, 0.29) is 0 Å². The van der Waals surface area contributed by atoms with Crippen molar-refractivity contribution in [2.75, 3.05) is 46.6 Å². The molecule has 6 nitrogen and oxygen atoms in total. The Balaban J connectivity index is 1.51. The highest BCUT2D eigenvalue weighted by Gasteiger charge is 2.15. The van der Waals surface area contributed by atoms with E-state index in [0.717, 1.165) is 70.4 Å². The number of aliphatic imine (C=N–C) groups is 1. The fourth-order valence-corrected chi connectivity index (χ4v) is 3.45. The maximum absolute atomic E-state index is 5.71. The van der Waals surface area contributed by atoms with Gasteiger partial charge in [0.2, 0.25) is 0 Å². The predicted molar refractivity (Wildman–Crippen MR) is 104 cm³/mol. The van der Waals surface area contributed by atoms with Gasteiger partial charge in [0.05, 0.1) is 23.9 Å². The van der Waals surface area contributed by atoms with Crippen LogP contribution in [0, 0.1) is 5.92 Å². The molecule has 0 aromatic carbocycles. The lowest BCUT2D eigenvalue weighted by Crippen LogP contribution is -2.39. The zero-order valence-corrected chi connectivity index (χ0v) is 16.5. The molecule has 1 aromatic rings. The van der Waals surface area contributed by atoms with Gasteiger partial charge in [-0.15, -0.1) is 11.3 Å². The summed E-state index contributed by atoms with van der Waals surface area (Å²) >= 11 is 1.75. The van der Waals surface area contributed by atoms with Gasteiger partial charge in [-0.25, -0.2) is 4.98 Å². The number of ether oxygens (including phenoxy) is 2. The van der Waals surface area contributed by atoms with E-state index in [1.807, 2.05) is 0 Å². The summed E-state index contributed by atoms with van der Waals surface area (Å²) in [7, 11) is 1.80. The maximum Gasteiger partial charge on any atom is 0.190 e. The first-order chi connectivity index (χ1) is 12.2. The lowest BCUT2D eigenvalue weighted by atomic mass is 10.1. The Bertz CT molecular complexity index is 513. The quantitative estimate of drug-likeness (QED) is 0.377. The van der Waals surface area contributed by atoms with E-state index in [2.05, 4.69) is 39.8 Å². The number of guanidine groups is 1. The first-order valence-corrected chi connectivity index (χ1v) is 10.1. The first-order valence-electron chi connectivity index (χ1n) is 9.23. The fourth-order valence-electron chi connectivity index (χ4n) is 2.58. The predicted octanol–water partition coefficient (Wildman–Crippen LogP) is 2.42. The molecule has 2 heterocycles. The molecule has 0 spiro atoms. The lowest BCUT2D eigenvalue weighted by molar-refractivity contribution is 0.0888. The number of thiazole rings is 1. The van der Waals surface area contributed by atoms with Crippen molar-refractivity contribution in [3.8, 4) is 0 Å². The summed E-state index contributed by atoms with van der Waals surface area (Å²) in [5.74, 6) is 1.93. The highest BCUT2D eigenvalue weighted by Crippen LogP contribution is 2.19. The second-order valence-electron chi connectivity index (χ2n) is 6.67. The molecular weight excluding hydrogens is 336 g/mol. The van der Waals surface area contributed by atoms with Crippen molar-refractivity contribution in [1.29, 1.82) is 0 Å². The molecule has 0 saturated carbocycles. The number of hydrogen-bond acceptors (Lipinski definition) is 5. The van der Waals surface area contributed by atoms with Crippen molar-refractivity contribution >= 4 is 17.3 Å². The third kappa shape index (κ3) is 7.71. The molecule has 1 aromatic heterocycles. The number of rotatable bonds is 10. The highest BCUT2D eigenvalue weighted by atomic mass is 32.1. The lowest BCUT2D eigenvalue weighted by Gasteiger charge is -2.12. The average Bonchev–Trinajstić information content (AvgIpc) is 3.28. The van der Waals surface area contributed by atoms with E-state index in [9.17, 15) is 0 Å². The van der Waals surface area contributed by atoms with Crippen LogP contribution in [0.25, 0.3) is 0 Å². The van der Waals surface area contributed by atoms with E-state index in [1.54, 1.807) is 18.4 Å². The van der Waals surface area contributed by atoms with Gasteiger partial charge in [-0.3, -0.25) is 4.99 Å². The molecule has 25 heavy (non-hydrogen) atoms. The molecule has 1 atom stereocenters. The van der Waals surface area contributed by atoms with Crippen LogP contribution >= 0.6 is 11.3 Å². The Hall–Kier alpha value is -1.18. The van der Waals surface area contributed by atoms with Crippen LogP contribution in [0.5, 0.6) is 0 Å². The Morgan fingerprint density at radius 3 is 2.96 bits per heavy atom. The second kappa shape index (κ2) is 11.4. The minimum Gasteiger partial charge on any atom is -0.381 e. The van der Waals surface area contributed by atoms with Gasteiger partial charge in [0.25, 0.3) is 0 Å². The monoisotopic (exact) mass is 368 g/mol. The van der Waals surface area contributed by atoms with Crippen molar-refractivity contribution in [2.45, 2.75) is 39.0 Å². The normalized spacial score (nSPS) is 18.1. The van der Waals surface area contributed by atoms with Crippen LogP contribution in [0.1, 0.15) is 43.3 Å². The van der Waals surface area contributed by atoms with Crippen LogP contribution in [-0.2, 0) is 15.9 Å². The van der Waals surface area contributed by atoms with Gasteiger partial charge in [0, 0.05) is 57.0 Å². The van der Waals surface area contributed by atoms with Crippen molar-refractivity contribution in [1.82, 2.24) is 15.6 Å². The van der Waals surface area contributed by atoms with Crippen molar-refractivity contribution in [3.05, 3.63) is 16.1 Å². The van der Waals surface area contributed by atoms with Crippen LogP contribution < -0.4 is 10.6 Å². The number of hydrogen-bond donors (Lipinski definition) is 2. The molecule has 2 rings (SSSR count).